The largest absolute Gasteiger partial charge is 0.507 e. The fraction of sp³-hybridized carbons (Fsp3) is 0.286. The monoisotopic (exact) mass is 249 g/mol. The molecule has 1 heterocycles. The second-order valence-electron chi connectivity index (χ2n) is 4.37. The summed E-state index contributed by atoms with van der Waals surface area (Å²) in [7, 11) is 0. The molecule has 0 spiro atoms. The molecule has 3 rings (SSSR count). The number of benzene rings is 2. The van der Waals surface area contributed by atoms with Crippen molar-refractivity contribution >= 4 is 23.2 Å². The van der Waals surface area contributed by atoms with E-state index in [1.165, 1.54) is 23.8 Å². The predicted octanol–water partition coefficient (Wildman–Crippen LogP) is 3.39. The van der Waals surface area contributed by atoms with E-state index in [-0.39, 0.29) is 12.4 Å². The highest BCUT2D eigenvalue weighted by atomic mass is 35.5. The van der Waals surface area contributed by atoms with E-state index in [2.05, 4.69) is 11.4 Å². The van der Waals surface area contributed by atoms with E-state index in [0.717, 1.165) is 11.9 Å². The molecule has 1 fully saturated rings. The van der Waals surface area contributed by atoms with Crippen molar-refractivity contribution in [1.82, 2.24) is 5.32 Å². The molecule has 3 heteroatoms. The molecule has 2 aromatic rings. The van der Waals surface area contributed by atoms with Crippen molar-refractivity contribution in [2.75, 3.05) is 6.54 Å². The Bertz CT molecular complexity index is 521. The Kier molecular flexibility index (Phi) is 3.55. The van der Waals surface area contributed by atoms with Crippen LogP contribution in [0.4, 0.5) is 0 Å². The molecule has 1 aliphatic heterocycles. The van der Waals surface area contributed by atoms with E-state index in [1.807, 2.05) is 24.3 Å². The molecule has 2 N–H and O–H groups in total. The summed E-state index contributed by atoms with van der Waals surface area (Å²) in [5.74, 6) is 0.373. The fourth-order valence-corrected chi connectivity index (χ4v) is 2.56. The third-order valence-corrected chi connectivity index (χ3v) is 3.37. The Morgan fingerprint density at radius 1 is 1.06 bits per heavy atom. The van der Waals surface area contributed by atoms with Gasteiger partial charge in [-0.05, 0) is 36.4 Å². The van der Waals surface area contributed by atoms with Crippen LogP contribution in [0.2, 0.25) is 0 Å². The maximum atomic E-state index is 9.82. The van der Waals surface area contributed by atoms with Gasteiger partial charge >= 0.3 is 0 Å². The topological polar surface area (TPSA) is 32.3 Å². The average Bonchev–Trinajstić information content (AvgIpc) is 2.83. The summed E-state index contributed by atoms with van der Waals surface area (Å²) in [6.45, 7) is 1.10. The van der Waals surface area contributed by atoms with E-state index < -0.39 is 0 Å². The van der Waals surface area contributed by atoms with E-state index in [4.69, 9.17) is 0 Å². The average molecular weight is 250 g/mol. The van der Waals surface area contributed by atoms with Crippen LogP contribution in [0, 0.1) is 0 Å². The molecule has 90 valence electrons. The number of phenols is 1. The molecule has 2 aromatic carbocycles. The molecule has 2 nitrogen and oxygen atoms in total. The maximum absolute atomic E-state index is 9.82. The van der Waals surface area contributed by atoms with Crippen LogP contribution < -0.4 is 5.32 Å². The molecule has 1 saturated heterocycles. The third kappa shape index (κ3) is 2.11. The van der Waals surface area contributed by atoms with Crippen LogP contribution >= 0.6 is 12.4 Å². The van der Waals surface area contributed by atoms with E-state index in [1.54, 1.807) is 6.07 Å². The van der Waals surface area contributed by atoms with Gasteiger partial charge in [0.2, 0.25) is 0 Å². The lowest BCUT2D eigenvalue weighted by Crippen LogP contribution is -2.13. The quantitative estimate of drug-likeness (QED) is 0.812. The second kappa shape index (κ2) is 4.94. The Hall–Kier alpha value is -1.25. The van der Waals surface area contributed by atoms with Crippen molar-refractivity contribution in [2.24, 2.45) is 0 Å². The Morgan fingerprint density at radius 3 is 2.53 bits per heavy atom. The van der Waals surface area contributed by atoms with E-state index >= 15 is 0 Å². The number of rotatable bonds is 1. The van der Waals surface area contributed by atoms with Crippen LogP contribution in [0.25, 0.3) is 10.8 Å². The molecule has 1 atom stereocenters. The predicted molar refractivity (Wildman–Crippen MR) is 72.8 cm³/mol. The summed E-state index contributed by atoms with van der Waals surface area (Å²) < 4.78 is 0. The summed E-state index contributed by atoms with van der Waals surface area (Å²) in [6.07, 6.45) is 2.43. The van der Waals surface area contributed by atoms with Gasteiger partial charge in [0.05, 0.1) is 0 Å². The van der Waals surface area contributed by atoms with Crippen molar-refractivity contribution in [1.29, 1.82) is 0 Å². The maximum Gasteiger partial charge on any atom is 0.123 e. The summed E-state index contributed by atoms with van der Waals surface area (Å²) >= 11 is 0. The first kappa shape index (κ1) is 12.2. The number of phenolic OH excluding ortho intramolecular Hbond substituents is 1. The van der Waals surface area contributed by atoms with Crippen LogP contribution in [0.5, 0.6) is 5.75 Å². The van der Waals surface area contributed by atoms with Gasteiger partial charge in [-0.3, -0.25) is 0 Å². The fourth-order valence-electron chi connectivity index (χ4n) is 2.56. The molecule has 0 radical (unpaired) electrons. The van der Waals surface area contributed by atoms with Crippen molar-refractivity contribution in [2.45, 2.75) is 18.9 Å². The lowest BCUT2D eigenvalue weighted by Gasteiger charge is -2.14. The minimum absolute atomic E-state index is 0. The van der Waals surface area contributed by atoms with Gasteiger partial charge in [0.1, 0.15) is 5.75 Å². The summed E-state index contributed by atoms with van der Waals surface area (Å²) in [4.78, 5) is 0. The van der Waals surface area contributed by atoms with Crippen LogP contribution in [0.15, 0.2) is 36.4 Å². The van der Waals surface area contributed by atoms with Gasteiger partial charge in [-0.2, -0.15) is 0 Å². The van der Waals surface area contributed by atoms with Gasteiger partial charge in [-0.15, -0.1) is 12.4 Å². The van der Waals surface area contributed by atoms with Gasteiger partial charge in [-0.1, -0.05) is 30.3 Å². The first-order valence-corrected chi connectivity index (χ1v) is 5.80. The standard InChI is InChI=1S/C14H15NO.ClH/c16-14-8-7-11(13-6-3-9-15-13)10-4-1-2-5-12(10)14;/h1-2,4-5,7-8,13,15-16H,3,6,9H2;1H/t13-;/m0./s1. The SMILES string of the molecule is Cl.Oc1ccc([C@@H]2CCCN2)c2ccccc12. The summed E-state index contributed by atoms with van der Waals surface area (Å²) in [6, 6.07) is 12.4. The molecule has 0 amide bonds. The lowest BCUT2D eigenvalue weighted by molar-refractivity contribution is 0.481. The first-order valence-electron chi connectivity index (χ1n) is 5.80. The number of hydrogen-bond acceptors (Lipinski definition) is 2. The van der Waals surface area contributed by atoms with Gasteiger partial charge < -0.3 is 10.4 Å². The Labute approximate surface area is 107 Å². The lowest BCUT2D eigenvalue weighted by atomic mass is 9.97. The molecule has 0 aromatic heterocycles. The molecule has 0 bridgehead atoms. The number of hydrogen-bond donors (Lipinski definition) is 2. The third-order valence-electron chi connectivity index (χ3n) is 3.37. The highest BCUT2D eigenvalue weighted by Crippen LogP contribution is 2.33. The van der Waals surface area contributed by atoms with Gasteiger partial charge in [0.25, 0.3) is 0 Å². The minimum Gasteiger partial charge on any atom is -0.507 e. The van der Waals surface area contributed by atoms with Gasteiger partial charge in [0, 0.05) is 11.4 Å². The van der Waals surface area contributed by atoms with Crippen LogP contribution in [-0.2, 0) is 0 Å². The molecule has 0 saturated carbocycles. The molecule has 0 aliphatic carbocycles. The number of fused-ring (bicyclic) bond motifs is 1. The van der Waals surface area contributed by atoms with Crippen molar-refractivity contribution in [3.05, 3.63) is 42.0 Å². The zero-order valence-electron chi connectivity index (χ0n) is 9.52. The molecule has 17 heavy (non-hydrogen) atoms. The zero-order chi connectivity index (χ0) is 11.0. The molecular weight excluding hydrogens is 234 g/mol. The Balaban J connectivity index is 0.00000108. The van der Waals surface area contributed by atoms with E-state index in [9.17, 15) is 5.11 Å². The smallest absolute Gasteiger partial charge is 0.123 e. The van der Waals surface area contributed by atoms with Crippen molar-refractivity contribution < 1.29 is 5.11 Å². The van der Waals surface area contributed by atoms with Crippen LogP contribution in [0.1, 0.15) is 24.4 Å². The summed E-state index contributed by atoms with van der Waals surface area (Å²) in [5.41, 5.74) is 1.31. The van der Waals surface area contributed by atoms with Crippen molar-refractivity contribution in [3.8, 4) is 5.75 Å². The second-order valence-corrected chi connectivity index (χ2v) is 4.37. The number of aromatic hydroxyl groups is 1. The van der Waals surface area contributed by atoms with Crippen molar-refractivity contribution in [3.63, 3.8) is 0 Å². The highest BCUT2D eigenvalue weighted by molar-refractivity contribution is 5.91. The summed E-state index contributed by atoms with van der Waals surface area (Å²) in [5, 5.41) is 15.4. The molecule has 1 aliphatic rings. The van der Waals surface area contributed by atoms with E-state index in [0.29, 0.717) is 11.8 Å². The van der Waals surface area contributed by atoms with Crippen LogP contribution in [0.3, 0.4) is 0 Å². The first-order chi connectivity index (χ1) is 7.86. The number of nitrogens with one attached hydrogen (secondary N) is 1. The van der Waals surface area contributed by atoms with Crippen LogP contribution in [-0.4, -0.2) is 11.7 Å². The molecular formula is C14H16ClNO. The van der Waals surface area contributed by atoms with Gasteiger partial charge in [-0.25, -0.2) is 0 Å². The minimum atomic E-state index is 0. The van der Waals surface area contributed by atoms with Gasteiger partial charge in [0.15, 0.2) is 0 Å². The normalized spacial score (nSPS) is 19.2. The highest BCUT2D eigenvalue weighted by Gasteiger charge is 2.18. The molecule has 0 unspecified atom stereocenters. The Morgan fingerprint density at radius 2 is 1.82 bits per heavy atom. The zero-order valence-corrected chi connectivity index (χ0v) is 10.3. The number of halogens is 1.